The van der Waals surface area contributed by atoms with Gasteiger partial charge in [-0.1, -0.05) is 6.07 Å². The van der Waals surface area contributed by atoms with E-state index in [1.807, 2.05) is 19.1 Å². The Morgan fingerprint density at radius 1 is 1.31 bits per heavy atom. The summed E-state index contributed by atoms with van der Waals surface area (Å²) >= 11 is 0. The molecule has 1 saturated carbocycles. The Bertz CT molecular complexity index is 544. The van der Waals surface area contributed by atoms with Gasteiger partial charge in [-0.15, -0.1) is 0 Å². The largest absolute Gasteiger partial charge is 0.383 e. The van der Waals surface area contributed by atoms with Crippen LogP contribution in [0.2, 0.25) is 0 Å². The molecule has 4 heteroatoms. The first-order valence-corrected chi connectivity index (χ1v) is 7.23. The lowest BCUT2D eigenvalue weighted by Gasteiger charge is -2.09. The molecule has 16 heavy (non-hydrogen) atoms. The summed E-state index contributed by atoms with van der Waals surface area (Å²) in [6, 6.07) is 5.61. The van der Waals surface area contributed by atoms with Crippen molar-refractivity contribution in [1.82, 2.24) is 0 Å². The van der Waals surface area contributed by atoms with Gasteiger partial charge in [0, 0.05) is 12.0 Å². The van der Waals surface area contributed by atoms with Crippen molar-refractivity contribution in [3.8, 4) is 0 Å². The monoisotopic (exact) mass is 237 g/mol. The van der Waals surface area contributed by atoms with E-state index in [-0.39, 0.29) is 5.41 Å². The summed E-state index contributed by atoms with van der Waals surface area (Å²) in [6.07, 6.45) is 2.07. The normalized spacial score (nSPS) is 24.3. The van der Waals surface area contributed by atoms with Crippen LogP contribution in [0, 0.1) is 12.3 Å². The molecule has 1 aliphatic carbocycles. The van der Waals surface area contributed by atoms with E-state index in [2.05, 4.69) is 5.32 Å². The third-order valence-corrected chi connectivity index (χ3v) is 5.58. The van der Waals surface area contributed by atoms with Crippen LogP contribution in [0.3, 0.4) is 0 Å². The average Bonchev–Trinajstić information content (AvgIpc) is 2.96. The standard InChI is InChI=1S/C12H15NO2S/c1-9-2-3-10-11(6-9)16(14,15)8-12(4-5-12)7-13-10/h2-3,6,13H,4-5,7-8H2,1H3. The third kappa shape index (κ3) is 1.52. The van der Waals surface area contributed by atoms with E-state index in [0.29, 0.717) is 10.6 Å². The number of sulfone groups is 1. The minimum absolute atomic E-state index is 0.0196. The van der Waals surface area contributed by atoms with E-state index in [9.17, 15) is 8.42 Å². The zero-order valence-electron chi connectivity index (χ0n) is 9.29. The minimum atomic E-state index is -3.11. The van der Waals surface area contributed by atoms with Crippen molar-refractivity contribution in [2.75, 3.05) is 17.6 Å². The highest BCUT2D eigenvalue weighted by molar-refractivity contribution is 7.91. The van der Waals surface area contributed by atoms with Crippen LogP contribution in [0.1, 0.15) is 18.4 Å². The molecule has 0 amide bonds. The van der Waals surface area contributed by atoms with Gasteiger partial charge in [-0.25, -0.2) is 8.42 Å². The third-order valence-electron chi connectivity index (χ3n) is 3.58. The molecule has 86 valence electrons. The molecule has 1 fully saturated rings. The van der Waals surface area contributed by atoms with Crippen molar-refractivity contribution in [3.05, 3.63) is 23.8 Å². The quantitative estimate of drug-likeness (QED) is 0.750. The number of hydrogen-bond donors (Lipinski definition) is 1. The fourth-order valence-corrected chi connectivity index (χ4v) is 4.54. The van der Waals surface area contributed by atoms with Gasteiger partial charge in [-0.3, -0.25) is 0 Å². The van der Waals surface area contributed by atoms with Gasteiger partial charge in [0.05, 0.1) is 16.3 Å². The lowest BCUT2D eigenvalue weighted by Crippen LogP contribution is -2.20. The van der Waals surface area contributed by atoms with Crippen molar-refractivity contribution in [1.29, 1.82) is 0 Å². The first kappa shape index (κ1) is 10.1. The van der Waals surface area contributed by atoms with Gasteiger partial charge < -0.3 is 5.32 Å². The van der Waals surface area contributed by atoms with E-state index in [4.69, 9.17) is 0 Å². The summed E-state index contributed by atoms with van der Waals surface area (Å²) in [7, 11) is -3.11. The van der Waals surface area contributed by atoms with Gasteiger partial charge in [-0.2, -0.15) is 0 Å². The van der Waals surface area contributed by atoms with Crippen molar-refractivity contribution in [3.63, 3.8) is 0 Å². The Morgan fingerprint density at radius 2 is 2.06 bits per heavy atom. The van der Waals surface area contributed by atoms with Crippen molar-refractivity contribution in [2.45, 2.75) is 24.7 Å². The van der Waals surface area contributed by atoms with Crippen LogP contribution in [0.25, 0.3) is 0 Å². The average molecular weight is 237 g/mol. The molecule has 0 atom stereocenters. The van der Waals surface area contributed by atoms with E-state index in [0.717, 1.165) is 30.6 Å². The van der Waals surface area contributed by atoms with E-state index < -0.39 is 9.84 Å². The van der Waals surface area contributed by atoms with Crippen molar-refractivity contribution >= 4 is 15.5 Å². The van der Waals surface area contributed by atoms with Crippen LogP contribution in [-0.2, 0) is 9.84 Å². The zero-order chi connectivity index (χ0) is 11.4. The van der Waals surface area contributed by atoms with Crippen LogP contribution in [0.4, 0.5) is 5.69 Å². The topological polar surface area (TPSA) is 46.2 Å². The lowest BCUT2D eigenvalue weighted by molar-refractivity contribution is 0.562. The van der Waals surface area contributed by atoms with Crippen LogP contribution in [-0.4, -0.2) is 20.7 Å². The SMILES string of the molecule is Cc1ccc2c(c1)S(=O)(=O)CC1(CC1)CN2. The maximum absolute atomic E-state index is 12.3. The molecule has 0 saturated heterocycles. The van der Waals surface area contributed by atoms with Gasteiger partial charge in [-0.05, 0) is 37.5 Å². The van der Waals surface area contributed by atoms with Gasteiger partial charge in [0.15, 0.2) is 9.84 Å². The highest BCUT2D eigenvalue weighted by Gasteiger charge is 2.48. The summed E-state index contributed by atoms with van der Waals surface area (Å²) < 4.78 is 24.5. The molecule has 3 rings (SSSR count). The van der Waals surface area contributed by atoms with Crippen molar-refractivity contribution < 1.29 is 8.42 Å². The summed E-state index contributed by atoms with van der Waals surface area (Å²) in [6.45, 7) is 2.72. The van der Waals surface area contributed by atoms with Crippen LogP contribution >= 0.6 is 0 Å². The smallest absolute Gasteiger partial charge is 0.181 e. The lowest BCUT2D eigenvalue weighted by atomic mass is 10.1. The summed E-state index contributed by atoms with van der Waals surface area (Å²) in [4.78, 5) is 0.483. The maximum atomic E-state index is 12.3. The van der Waals surface area contributed by atoms with Gasteiger partial charge in [0.1, 0.15) is 0 Å². The number of aryl methyl sites for hydroxylation is 1. The number of benzene rings is 1. The van der Waals surface area contributed by atoms with Gasteiger partial charge >= 0.3 is 0 Å². The van der Waals surface area contributed by atoms with Crippen LogP contribution in [0.15, 0.2) is 23.1 Å². The van der Waals surface area contributed by atoms with E-state index in [1.54, 1.807) is 6.07 Å². The fourth-order valence-electron chi connectivity index (χ4n) is 2.35. The molecule has 0 radical (unpaired) electrons. The molecule has 0 bridgehead atoms. The number of nitrogens with one attached hydrogen (secondary N) is 1. The number of rotatable bonds is 0. The molecule has 3 nitrogen and oxygen atoms in total. The highest BCUT2D eigenvalue weighted by atomic mass is 32.2. The highest BCUT2D eigenvalue weighted by Crippen LogP contribution is 2.49. The number of anilines is 1. The molecule has 1 aliphatic heterocycles. The second-order valence-corrected chi connectivity index (χ2v) is 7.07. The molecule has 1 aromatic carbocycles. The fraction of sp³-hybridized carbons (Fsp3) is 0.500. The predicted octanol–water partition coefficient (Wildman–Crippen LogP) is 1.97. The summed E-state index contributed by atoms with van der Waals surface area (Å²) in [5.74, 6) is 0.309. The zero-order valence-corrected chi connectivity index (χ0v) is 10.1. The maximum Gasteiger partial charge on any atom is 0.181 e. The van der Waals surface area contributed by atoms with E-state index >= 15 is 0 Å². The number of fused-ring (bicyclic) bond motifs is 1. The second-order valence-electron chi connectivity index (χ2n) is 5.11. The number of hydrogen-bond acceptors (Lipinski definition) is 3. The molecule has 1 spiro atoms. The van der Waals surface area contributed by atoms with Crippen LogP contribution < -0.4 is 5.32 Å². The van der Waals surface area contributed by atoms with Gasteiger partial charge in [0.25, 0.3) is 0 Å². The Hall–Kier alpha value is -1.03. The first-order chi connectivity index (χ1) is 7.51. The predicted molar refractivity (Wildman–Crippen MR) is 63.4 cm³/mol. The molecule has 0 unspecified atom stereocenters. The molecular weight excluding hydrogens is 222 g/mol. The Morgan fingerprint density at radius 3 is 2.75 bits per heavy atom. The molecular formula is C12H15NO2S. The summed E-state index contributed by atoms with van der Waals surface area (Å²) in [5.41, 5.74) is 1.79. The molecule has 1 N–H and O–H groups in total. The van der Waals surface area contributed by atoms with Crippen molar-refractivity contribution in [2.24, 2.45) is 5.41 Å². The first-order valence-electron chi connectivity index (χ1n) is 5.58. The molecule has 0 aromatic heterocycles. The minimum Gasteiger partial charge on any atom is -0.383 e. The van der Waals surface area contributed by atoms with E-state index in [1.165, 1.54) is 0 Å². The second kappa shape index (κ2) is 3.00. The molecule has 1 heterocycles. The molecule has 2 aliphatic rings. The summed E-state index contributed by atoms with van der Waals surface area (Å²) in [5, 5.41) is 3.28. The Labute approximate surface area is 95.8 Å². The molecule has 1 aromatic rings. The Balaban J connectivity index is 2.15. The van der Waals surface area contributed by atoms with Crippen LogP contribution in [0.5, 0.6) is 0 Å². The Kier molecular flexibility index (Phi) is 1.90. The van der Waals surface area contributed by atoms with Gasteiger partial charge in [0.2, 0.25) is 0 Å².